The highest BCUT2D eigenvalue weighted by Gasteiger charge is 2.26. The summed E-state index contributed by atoms with van der Waals surface area (Å²) in [5.74, 6) is 1.61. The van der Waals surface area contributed by atoms with Gasteiger partial charge in [0.1, 0.15) is 5.69 Å². The standard InChI is InChI=1S/C17H20N4O2/c1-12-15(4-3-7-18-12)23-17-16(19-8-9-20-17)14-5-10-21(11-6-14)13(2)22/h3-4,7-9,14H,5-6,10-11H2,1-2H3. The van der Waals surface area contributed by atoms with Crippen molar-refractivity contribution in [3.8, 4) is 11.6 Å². The van der Waals surface area contributed by atoms with Crippen molar-refractivity contribution in [3.63, 3.8) is 0 Å². The van der Waals surface area contributed by atoms with Crippen molar-refractivity contribution in [2.24, 2.45) is 0 Å². The fourth-order valence-electron chi connectivity index (χ4n) is 2.84. The number of hydrogen-bond acceptors (Lipinski definition) is 5. The highest BCUT2D eigenvalue weighted by atomic mass is 16.5. The average Bonchev–Trinajstić information content (AvgIpc) is 2.57. The SMILES string of the molecule is CC(=O)N1CCC(c2nccnc2Oc2cccnc2C)CC1. The van der Waals surface area contributed by atoms with E-state index in [4.69, 9.17) is 4.74 Å². The van der Waals surface area contributed by atoms with Crippen LogP contribution in [-0.2, 0) is 4.79 Å². The van der Waals surface area contributed by atoms with E-state index in [1.807, 2.05) is 24.0 Å². The Morgan fingerprint density at radius 3 is 2.61 bits per heavy atom. The Balaban J connectivity index is 1.79. The lowest BCUT2D eigenvalue weighted by Gasteiger charge is -2.31. The number of ether oxygens (including phenoxy) is 1. The van der Waals surface area contributed by atoms with Crippen LogP contribution in [0.2, 0.25) is 0 Å². The van der Waals surface area contributed by atoms with Crippen LogP contribution in [0.3, 0.4) is 0 Å². The minimum absolute atomic E-state index is 0.130. The van der Waals surface area contributed by atoms with Crippen LogP contribution in [0.25, 0.3) is 0 Å². The number of pyridine rings is 1. The summed E-state index contributed by atoms with van der Waals surface area (Å²) in [5, 5.41) is 0. The van der Waals surface area contributed by atoms with Gasteiger partial charge in [-0.2, -0.15) is 0 Å². The molecule has 0 bridgehead atoms. The lowest BCUT2D eigenvalue weighted by Crippen LogP contribution is -2.36. The van der Waals surface area contributed by atoms with E-state index >= 15 is 0 Å². The molecular formula is C17H20N4O2. The molecule has 0 aliphatic carbocycles. The number of aromatic nitrogens is 3. The molecule has 0 saturated carbocycles. The molecule has 1 saturated heterocycles. The number of amides is 1. The normalized spacial score (nSPS) is 15.5. The molecule has 1 aliphatic rings. The van der Waals surface area contributed by atoms with E-state index < -0.39 is 0 Å². The van der Waals surface area contributed by atoms with Crippen LogP contribution in [0.4, 0.5) is 0 Å². The number of rotatable bonds is 3. The molecule has 0 N–H and O–H groups in total. The quantitative estimate of drug-likeness (QED) is 0.871. The molecule has 23 heavy (non-hydrogen) atoms. The molecule has 3 heterocycles. The maximum Gasteiger partial charge on any atom is 0.241 e. The van der Waals surface area contributed by atoms with E-state index in [0.717, 1.165) is 37.3 Å². The number of carbonyl (C=O) groups excluding carboxylic acids is 1. The van der Waals surface area contributed by atoms with Crippen LogP contribution in [0.15, 0.2) is 30.7 Å². The summed E-state index contributed by atoms with van der Waals surface area (Å²) in [6.45, 7) is 5.02. The van der Waals surface area contributed by atoms with Gasteiger partial charge >= 0.3 is 0 Å². The maximum absolute atomic E-state index is 11.5. The summed E-state index contributed by atoms with van der Waals surface area (Å²) in [7, 11) is 0. The first-order valence-electron chi connectivity index (χ1n) is 7.81. The number of likely N-dealkylation sites (tertiary alicyclic amines) is 1. The van der Waals surface area contributed by atoms with E-state index in [1.54, 1.807) is 25.5 Å². The van der Waals surface area contributed by atoms with Crippen molar-refractivity contribution >= 4 is 5.91 Å². The molecule has 6 heteroatoms. The summed E-state index contributed by atoms with van der Waals surface area (Å²) in [5.41, 5.74) is 1.68. The van der Waals surface area contributed by atoms with Crippen molar-refractivity contribution < 1.29 is 9.53 Å². The molecule has 1 fully saturated rings. The first-order valence-corrected chi connectivity index (χ1v) is 7.81. The Bertz CT molecular complexity index is 696. The van der Waals surface area contributed by atoms with Gasteiger partial charge in [-0.25, -0.2) is 4.98 Å². The van der Waals surface area contributed by atoms with Gasteiger partial charge in [-0.1, -0.05) is 0 Å². The Hall–Kier alpha value is -2.50. The molecule has 0 spiro atoms. The second-order valence-corrected chi connectivity index (χ2v) is 5.72. The number of piperidine rings is 1. The fraction of sp³-hybridized carbons (Fsp3) is 0.412. The Labute approximate surface area is 135 Å². The Morgan fingerprint density at radius 2 is 1.91 bits per heavy atom. The Kier molecular flexibility index (Phi) is 4.50. The number of hydrogen-bond donors (Lipinski definition) is 0. The summed E-state index contributed by atoms with van der Waals surface area (Å²) in [4.78, 5) is 26.4. The van der Waals surface area contributed by atoms with Crippen LogP contribution in [0.5, 0.6) is 11.6 Å². The summed E-state index contributed by atoms with van der Waals surface area (Å²) >= 11 is 0. The van der Waals surface area contributed by atoms with Gasteiger partial charge in [-0.15, -0.1) is 0 Å². The summed E-state index contributed by atoms with van der Waals surface area (Å²) in [6.07, 6.45) is 6.81. The number of aryl methyl sites for hydroxylation is 1. The third-order valence-electron chi connectivity index (χ3n) is 4.18. The van der Waals surface area contributed by atoms with Crippen LogP contribution < -0.4 is 4.74 Å². The van der Waals surface area contributed by atoms with Crippen LogP contribution >= 0.6 is 0 Å². The lowest BCUT2D eigenvalue weighted by atomic mass is 9.93. The molecule has 120 valence electrons. The third-order valence-corrected chi connectivity index (χ3v) is 4.18. The first-order chi connectivity index (χ1) is 11.1. The summed E-state index contributed by atoms with van der Waals surface area (Å²) < 4.78 is 5.95. The molecule has 6 nitrogen and oxygen atoms in total. The topological polar surface area (TPSA) is 68.2 Å². The van der Waals surface area contributed by atoms with Gasteiger partial charge in [0, 0.05) is 44.5 Å². The van der Waals surface area contributed by atoms with E-state index in [0.29, 0.717) is 11.6 Å². The molecule has 0 radical (unpaired) electrons. The van der Waals surface area contributed by atoms with Crippen LogP contribution in [-0.4, -0.2) is 38.8 Å². The van der Waals surface area contributed by atoms with Crippen LogP contribution in [0.1, 0.15) is 37.1 Å². The zero-order chi connectivity index (χ0) is 16.2. The summed E-state index contributed by atoms with van der Waals surface area (Å²) in [6, 6.07) is 3.71. The molecule has 1 amide bonds. The highest BCUT2D eigenvalue weighted by molar-refractivity contribution is 5.73. The molecular weight excluding hydrogens is 292 g/mol. The predicted molar refractivity (Wildman–Crippen MR) is 85.3 cm³/mol. The molecule has 2 aromatic rings. The largest absolute Gasteiger partial charge is 0.435 e. The van der Waals surface area contributed by atoms with Gasteiger partial charge in [0.05, 0.1) is 5.69 Å². The maximum atomic E-state index is 11.5. The smallest absolute Gasteiger partial charge is 0.241 e. The van der Waals surface area contributed by atoms with Gasteiger partial charge < -0.3 is 9.64 Å². The highest BCUT2D eigenvalue weighted by Crippen LogP contribution is 2.33. The fourth-order valence-corrected chi connectivity index (χ4v) is 2.84. The number of carbonyl (C=O) groups is 1. The lowest BCUT2D eigenvalue weighted by molar-refractivity contribution is -0.129. The average molecular weight is 312 g/mol. The van der Waals surface area contributed by atoms with E-state index in [-0.39, 0.29) is 11.8 Å². The predicted octanol–water partition coefficient (Wildman–Crippen LogP) is 2.70. The molecule has 0 aromatic carbocycles. The zero-order valence-corrected chi connectivity index (χ0v) is 13.4. The second kappa shape index (κ2) is 6.73. The van der Waals surface area contributed by atoms with Crippen molar-refractivity contribution in [3.05, 3.63) is 42.1 Å². The van der Waals surface area contributed by atoms with Gasteiger partial charge in [-0.05, 0) is 31.9 Å². The van der Waals surface area contributed by atoms with Crippen molar-refractivity contribution in [2.45, 2.75) is 32.6 Å². The molecule has 0 atom stereocenters. The third kappa shape index (κ3) is 3.47. The number of nitrogens with zero attached hydrogens (tertiary/aromatic N) is 4. The molecule has 3 rings (SSSR count). The minimum atomic E-state index is 0.130. The minimum Gasteiger partial charge on any atom is -0.435 e. The van der Waals surface area contributed by atoms with Crippen molar-refractivity contribution in [1.29, 1.82) is 0 Å². The van der Waals surface area contributed by atoms with E-state index in [2.05, 4.69) is 15.0 Å². The van der Waals surface area contributed by atoms with Gasteiger partial charge in [0.2, 0.25) is 11.8 Å². The van der Waals surface area contributed by atoms with E-state index in [1.165, 1.54) is 0 Å². The second-order valence-electron chi connectivity index (χ2n) is 5.72. The van der Waals surface area contributed by atoms with Gasteiger partial charge in [0.25, 0.3) is 0 Å². The monoisotopic (exact) mass is 312 g/mol. The molecule has 0 unspecified atom stereocenters. The first kappa shape index (κ1) is 15.4. The Morgan fingerprint density at radius 1 is 1.17 bits per heavy atom. The van der Waals surface area contributed by atoms with Crippen molar-refractivity contribution in [1.82, 2.24) is 19.9 Å². The molecule has 1 aliphatic heterocycles. The van der Waals surface area contributed by atoms with Gasteiger partial charge in [0.15, 0.2) is 5.75 Å². The van der Waals surface area contributed by atoms with Crippen molar-refractivity contribution in [2.75, 3.05) is 13.1 Å². The van der Waals surface area contributed by atoms with Crippen LogP contribution in [0, 0.1) is 6.92 Å². The molecule has 2 aromatic heterocycles. The van der Waals surface area contributed by atoms with Gasteiger partial charge in [-0.3, -0.25) is 14.8 Å². The van der Waals surface area contributed by atoms with E-state index in [9.17, 15) is 4.79 Å². The zero-order valence-electron chi connectivity index (χ0n) is 13.4.